The molecule has 0 saturated heterocycles. The molecule has 4 heteroatoms. The number of nitrogens with zero attached hydrogens (tertiary/aromatic N) is 1. The maximum Gasteiger partial charge on any atom is 0.251 e. The van der Waals surface area contributed by atoms with Gasteiger partial charge in [0.15, 0.2) is 0 Å². The highest BCUT2D eigenvalue weighted by molar-refractivity contribution is 4.60. The van der Waals surface area contributed by atoms with Crippen LogP contribution in [0.4, 0.5) is 8.78 Å². The van der Waals surface area contributed by atoms with E-state index >= 15 is 0 Å². The third-order valence-corrected chi connectivity index (χ3v) is 2.92. The summed E-state index contributed by atoms with van der Waals surface area (Å²) in [4.78, 5) is 1.77. The van der Waals surface area contributed by atoms with Crippen LogP contribution in [-0.2, 0) is 0 Å². The molecule has 0 aliphatic rings. The minimum atomic E-state index is -2.24. The Bertz CT molecular complexity index is 154. The number of halogens is 2. The highest BCUT2D eigenvalue weighted by Crippen LogP contribution is 2.08. The quantitative estimate of drug-likeness (QED) is 0.539. The average Bonchev–Trinajstić information content (AvgIpc) is 2.27. The molecule has 0 amide bonds. The Morgan fingerprint density at radius 1 is 0.941 bits per heavy atom. The van der Waals surface area contributed by atoms with Crippen molar-refractivity contribution in [3.63, 3.8) is 0 Å². The first-order chi connectivity index (χ1) is 8.20. The molecule has 0 heterocycles. The van der Waals surface area contributed by atoms with Gasteiger partial charge in [-0.25, -0.2) is 8.78 Å². The summed E-state index contributed by atoms with van der Waals surface area (Å²) in [6.45, 7) is 3.88. The Morgan fingerprint density at radius 3 is 2.06 bits per heavy atom. The number of hydrogen-bond donors (Lipinski definition) is 1. The molecule has 2 nitrogen and oxygen atoms in total. The predicted octanol–water partition coefficient (Wildman–Crippen LogP) is 3.26. The lowest BCUT2D eigenvalue weighted by Crippen LogP contribution is -2.34. The lowest BCUT2D eigenvalue weighted by atomic mass is 10.1. The van der Waals surface area contributed by atoms with Gasteiger partial charge in [-0.1, -0.05) is 45.4 Å². The monoisotopic (exact) mass is 250 g/mol. The summed E-state index contributed by atoms with van der Waals surface area (Å²) in [5, 5.41) is 0. The fourth-order valence-corrected chi connectivity index (χ4v) is 1.96. The third-order valence-electron chi connectivity index (χ3n) is 2.92. The summed E-state index contributed by atoms with van der Waals surface area (Å²) in [7, 11) is 0. The van der Waals surface area contributed by atoms with Gasteiger partial charge in [0.25, 0.3) is 6.43 Å². The molecular formula is C13H28F2N2. The smallest absolute Gasteiger partial charge is 0.251 e. The Balaban J connectivity index is 3.40. The topological polar surface area (TPSA) is 29.3 Å². The van der Waals surface area contributed by atoms with Crippen molar-refractivity contribution in [3.8, 4) is 0 Å². The van der Waals surface area contributed by atoms with E-state index < -0.39 is 6.43 Å². The van der Waals surface area contributed by atoms with Crippen molar-refractivity contribution in [1.82, 2.24) is 4.90 Å². The summed E-state index contributed by atoms with van der Waals surface area (Å²) >= 11 is 0. The second-order valence-electron chi connectivity index (χ2n) is 4.60. The van der Waals surface area contributed by atoms with Crippen LogP contribution in [0.25, 0.3) is 0 Å². The summed E-state index contributed by atoms with van der Waals surface area (Å²) < 4.78 is 24.5. The fraction of sp³-hybridized carbons (Fsp3) is 1.00. The summed E-state index contributed by atoms with van der Waals surface area (Å²) in [5.41, 5.74) is 5.40. The zero-order valence-electron chi connectivity index (χ0n) is 11.1. The lowest BCUT2D eigenvalue weighted by molar-refractivity contribution is 0.0887. The van der Waals surface area contributed by atoms with Crippen molar-refractivity contribution in [2.45, 2.75) is 58.3 Å². The average molecular weight is 250 g/mol. The van der Waals surface area contributed by atoms with E-state index in [1.54, 1.807) is 4.90 Å². The lowest BCUT2D eigenvalue weighted by Gasteiger charge is -2.20. The zero-order valence-corrected chi connectivity index (χ0v) is 11.1. The zero-order chi connectivity index (χ0) is 12.9. The Labute approximate surface area is 105 Å². The Hall–Kier alpha value is -0.220. The van der Waals surface area contributed by atoms with Gasteiger partial charge in [-0.3, -0.25) is 4.90 Å². The highest BCUT2D eigenvalue weighted by atomic mass is 19.3. The van der Waals surface area contributed by atoms with Crippen LogP contribution in [0, 0.1) is 0 Å². The van der Waals surface area contributed by atoms with Crippen LogP contribution in [0.1, 0.15) is 51.9 Å². The van der Waals surface area contributed by atoms with Crippen molar-refractivity contribution >= 4 is 0 Å². The molecule has 0 unspecified atom stereocenters. The first-order valence-corrected chi connectivity index (χ1v) is 6.91. The molecule has 0 rings (SSSR count). The van der Waals surface area contributed by atoms with Gasteiger partial charge in [0, 0.05) is 13.1 Å². The number of rotatable bonds is 12. The molecule has 0 aliphatic carbocycles. The Kier molecular flexibility index (Phi) is 12.1. The minimum Gasteiger partial charge on any atom is -0.329 e. The second-order valence-corrected chi connectivity index (χ2v) is 4.60. The number of alkyl halides is 2. The SMILES string of the molecule is CCCCCCCCCN(CCN)CC(F)F. The third kappa shape index (κ3) is 12.0. The molecule has 2 N–H and O–H groups in total. The van der Waals surface area contributed by atoms with Crippen molar-refractivity contribution in [2.75, 3.05) is 26.2 Å². The molecule has 0 spiro atoms. The molecule has 0 aliphatic heterocycles. The molecule has 0 saturated carbocycles. The van der Waals surface area contributed by atoms with E-state index in [-0.39, 0.29) is 6.54 Å². The fourth-order valence-electron chi connectivity index (χ4n) is 1.96. The summed E-state index contributed by atoms with van der Waals surface area (Å²) in [5.74, 6) is 0. The van der Waals surface area contributed by atoms with Crippen LogP contribution in [0.3, 0.4) is 0 Å². The molecule has 0 aromatic rings. The molecule has 0 fully saturated rings. The molecule has 0 aromatic heterocycles. The summed E-state index contributed by atoms with van der Waals surface area (Å²) in [6, 6.07) is 0. The summed E-state index contributed by atoms with van der Waals surface area (Å²) in [6.07, 6.45) is 6.30. The van der Waals surface area contributed by atoms with E-state index in [1.807, 2.05) is 0 Å². The van der Waals surface area contributed by atoms with Crippen LogP contribution < -0.4 is 5.73 Å². The van der Waals surface area contributed by atoms with Gasteiger partial charge in [-0.05, 0) is 13.0 Å². The second kappa shape index (κ2) is 12.2. The number of unbranched alkanes of at least 4 members (excludes halogenated alkanes) is 6. The van der Waals surface area contributed by atoms with Crippen LogP contribution >= 0.6 is 0 Å². The van der Waals surface area contributed by atoms with E-state index in [9.17, 15) is 8.78 Å². The van der Waals surface area contributed by atoms with E-state index in [0.29, 0.717) is 13.1 Å². The first kappa shape index (κ1) is 16.8. The molecule has 0 aromatic carbocycles. The minimum absolute atomic E-state index is 0.132. The number of nitrogens with two attached hydrogens (primary N) is 1. The molecule has 0 bridgehead atoms. The van der Waals surface area contributed by atoms with Gasteiger partial charge in [0.1, 0.15) is 0 Å². The van der Waals surface area contributed by atoms with E-state index in [2.05, 4.69) is 6.92 Å². The predicted molar refractivity (Wildman–Crippen MR) is 69.5 cm³/mol. The molecule has 17 heavy (non-hydrogen) atoms. The van der Waals surface area contributed by atoms with E-state index in [4.69, 9.17) is 5.73 Å². The Morgan fingerprint density at radius 2 is 1.53 bits per heavy atom. The van der Waals surface area contributed by atoms with Crippen molar-refractivity contribution in [1.29, 1.82) is 0 Å². The van der Waals surface area contributed by atoms with Gasteiger partial charge in [-0.2, -0.15) is 0 Å². The normalized spacial score (nSPS) is 11.6. The maximum atomic E-state index is 12.2. The van der Waals surface area contributed by atoms with Gasteiger partial charge in [0.2, 0.25) is 0 Å². The van der Waals surface area contributed by atoms with Crippen LogP contribution in [-0.4, -0.2) is 37.5 Å². The molecule has 0 radical (unpaired) electrons. The van der Waals surface area contributed by atoms with Gasteiger partial charge < -0.3 is 5.73 Å². The molecular weight excluding hydrogens is 222 g/mol. The number of hydrogen-bond acceptors (Lipinski definition) is 2. The van der Waals surface area contributed by atoms with Crippen molar-refractivity contribution in [2.24, 2.45) is 5.73 Å². The van der Waals surface area contributed by atoms with Gasteiger partial charge in [-0.15, -0.1) is 0 Å². The van der Waals surface area contributed by atoms with Crippen molar-refractivity contribution in [3.05, 3.63) is 0 Å². The molecule has 0 atom stereocenters. The standard InChI is InChI=1S/C13H28F2N2/c1-2-3-4-5-6-7-8-10-17(11-9-16)12-13(14)15/h13H,2-12,16H2,1H3. The van der Waals surface area contributed by atoms with Gasteiger partial charge in [0.05, 0.1) is 6.54 Å². The van der Waals surface area contributed by atoms with Crippen molar-refractivity contribution < 1.29 is 8.78 Å². The van der Waals surface area contributed by atoms with Crippen LogP contribution in [0.15, 0.2) is 0 Å². The molecule has 104 valence electrons. The van der Waals surface area contributed by atoms with Crippen LogP contribution in [0.2, 0.25) is 0 Å². The van der Waals surface area contributed by atoms with E-state index in [1.165, 1.54) is 32.1 Å². The van der Waals surface area contributed by atoms with E-state index in [0.717, 1.165) is 19.4 Å². The van der Waals surface area contributed by atoms with Gasteiger partial charge >= 0.3 is 0 Å². The maximum absolute atomic E-state index is 12.2. The largest absolute Gasteiger partial charge is 0.329 e. The van der Waals surface area contributed by atoms with Crippen LogP contribution in [0.5, 0.6) is 0 Å². The first-order valence-electron chi connectivity index (χ1n) is 6.91. The highest BCUT2D eigenvalue weighted by Gasteiger charge is 2.10.